The number of rotatable bonds is 6. The van der Waals surface area contributed by atoms with Gasteiger partial charge in [-0.05, 0) is 58.7 Å². The summed E-state index contributed by atoms with van der Waals surface area (Å²) < 4.78 is 120. The molecule has 0 aliphatic rings. The zero-order valence-electron chi connectivity index (χ0n) is 42.2. The number of hydrogen-bond donors (Lipinski definition) is 0. The number of hydrogen-bond acceptors (Lipinski definition) is 4. The van der Waals surface area contributed by atoms with Gasteiger partial charge in [-0.2, -0.15) is 0 Å². The van der Waals surface area contributed by atoms with Crippen LogP contribution in [-0.2, 0) is 0 Å². The maximum Gasteiger partial charge on any atom is 0.166 e. The largest absolute Gasteiger partial charge is 0.309 e. The maximum absolute atomic E-state index is 9.48. The van der Waals surface area contributed by atoms with Gasteiger partial charge >= 0.3 is 0 Å². The molecule has 0 amide bonds. The molecule has 3 aromatic heterocycles. The van der Waals surface area contributed by atoms with Crippen molar-refractivity contribution in [3.8, 4) is 62.1 Å². The minimum atomic E-state index is -0.795. The van der Waals surface area contributed by atoms with E-state index in [1.807, 2.05) is 115 Å². The van der Waals surface area contributed by atoms with Crippen LogP contribution >= 0.6 is 11.3 Å². The molecular formula is C51H32N4S. The van der Waals surface area contributed by atoms with Crippen LogP contribution in [0.25, 0.3) is 104 Å². The fraction of sp³-hybridized carbons (Fsp3) is 0. The molecule has 11 aromatic rings. The van der Waals surface area contributed by atoms with E-state index in [4.69, 9.17) is 24.5 Å². The summed E-state index contributed by atoms with van der Waals surface area (Å²) in [5.74, 6) is 0.0253. The molecule has 262 valence electrons. The molecule has 56 heavy (non-hydrogen) atoms. The molecule has 0 radical (unpaired) electrons. The quantitative estimate of drug-likeness (QED) is 0.170. The van der Waals surface area contributed by atoms with Gasteiger partial charge in [-0.25, -0.2) is 15.0 Å². The van der Waals surface area contributed by atoms with Gasteiger partial charge in [-0.1, -0.05) is 157 Å². The van der Waals surface area contributed by atoms with E-state index in [2.05, 4.69) is 4.57 Å². The Hall–Kier alpha value is -7.21. The van der Waals surface area contributed by atoms with Crippen molar-refractivity contribution >= 4 is 53.3 Å². The first kappa shape index (κ1) is 21.6. The monoisotopic (exact) mass is 745 g/mol. The van der Waals surface area contributed by atoms with Crippen molar-refractivity contribution in [2.24, 2.45) is 0 Å². The summed E-state index contributed by atoms with van der Waals surface area (Å²) in [6, 6.07) is 27.7. The second-order valence-electron chi connectivity index (χ2n) is 13.0. The molecule has 0 aliphatic carbocycles. The Morgan fingerprint density at radius 2 is 0.911 bits per heavy atom. The zero-order chi connectivity index (χ0) is 48.3. The second kappa shape index (κ2) is 13.3. The smallest absolute Gasteiger partial charge is 0.166 e. The molecule has 0 atom stereocenters. The van der Waals surface area contributed by atoms with Gasteiger partial charge in [0.15, 0.2) is 17.5 Å². The normalized spacial score (nSPS) is 14.8. The summed E-state index contributed by atoms with van der Waals surface area (Å²) in [5, 5.41) is 3.98. The molecule has 0 saturated carbocycles. The molecule has 0 spiro atoms. The van der Waals surface area contributed by atoms with Gasteiger partial charge in [0.05, 0.1) is 34.5 Å². The van der Waals surface area contributed by atoms with Crippen LogP contribution in [0.5, 0.6) is 0 Å². The van der Waals surface area contributed by atoms with E-state index in [1.165, 1.54) is 11.3 Å². The highest BCUT2D eigenvalue weighted by Gasteiger charge is 2.21. The van der Waals surface area contributed by atoms with Crippen LogP contribution < -0.4 is 0 Å². The lowest BCUT2D eigenvalue weighted by Gasteiger charge is -2.15. The number of fused-ring (bicyclic) bond motifs is 6. The average molecular weight is 746 g/mol. The summed E-state index contributed by atoms with van der Waals surface area (Å²) in [4.78, 5) is 15.2. The highest BCUT2D eigenvalue weighted by atomic mass is 32.1. The van der Waals surface area contributed by atoms with Gasteiger partial charge in [0.1, 0.15) is 0 Å². The highest BCUT2D eigenvalue weighted by Crippen LogP contribution is 2.41. The Balaban J connectivity index is 1.24. The van der Waals surface area contributed by atoms with Crippen molar-refractivity contribution in [3.63, 3.8) is 0 Å². The number of benzene rings is 8. The Morgan fingerprint density at radius 3 is 1.66 bits per heavy atom. The zero-order valence-corrected chi connectivity index (χ0v) is 30.0. The molecule has 8 aromatic carbocycles. The minimum Gasteiger partial charge on any atom is -0.309 e. The number of nitrogens with zero attached hydrogens (tertiary/aromatic N) is 4. The maximum atomic E-state index is 9.48. The van der Waals surface area contributed by atoms with E-state index in [1.54, 1.807) is 0 Å². The first-order valence-electron chi connectivity index (χ1n) is 24.2. The number of para-hydroxylation sites is 3. The SMILES string of the molecule is [2H]c1c([2H])c([2H])c(-c2c([2H])c([2H])c(-c3c([2H])c([2H])c([2H])c([2H])c3-c3nc(-c4ccccc4-n4c5ccccc5c5ccccc54)nc(-c4cccc5c4sc4ccccc45)n3)c([2H])c2[2H])c([2H])c1[2H]. The standard InChI is InChI=1S/C51H32N4S/c1-2-15-33(16-3-1)34-29-31-35(32-30-34)36-17-4-5-21-41(36)49-52-50(54-51(53-49)43-24-14-23-40-39-20-9-13-28-47(39)56-48(40)43)42-22-8-12-27-46(42)55-44-25-10-6-18-37(44)38-19-7-11-26-45(38)55/h1-32H/i1D,2D,3D,4D,5D,15D,16D,17D,21D,29D,30D,31D,32D. The number of thiophene rings is 1. The fourth-order valence-corrected chi connectivity index (χ4v) is 8.51. The van der Waals surface area contributed by atoms with Crippen molar-refractivity contribution in [2.45, 2.75) is 0 Å². The van der Waals surface area contributed by atoms with Crippen molar-refractivity contribution in [1.82, 2.24) is 19.5 Å². The predicted molar refractivity (Wildman–Crippen MR) is 234 cm³/mol. The lowest BCUT2D eigenvalue weighted by Crippen LogP contribution is -2.04. The Morgan fingerprint density at radius 1 is 0.393 bits per heavy atom. The first-order chi connectivity index (χ1) is 33.2. The molecule has 0 fully saturated rings. The van der Waals surface area contributed by atoms with Gasteiger partial charge in [0.2, 0.25) is 0 Å². The summed E-state index contributed by atoms with van der Waals surface area (Å²) in [7, 11) is 0. The third-order valence-electron chi connectivity index (χ3n) is 9.78. The number of aromatic nitrogens is 4. The lowest BCUT2D eigenvalue weighted by atomic mass is 9.96. The van der Waals surface area contributed by atoms with E-state index in [-0.39, 0.29) is 23.0 Å². The molecule has 0 bridgehead atoms. The van der Waals surface area contributed by atoms with E-state index >= 15 is 0 Å². The van der Waals surface area contributed by atoms with E-state index in [0.29, 0.717) is 16.8 Å². The topological polar surface area (TPSA) is 43.6 Å². The van der Waals surface area contributed by atoms with Gasteiger partial charge in [-0.15, -0.1) is 11.3 Å². The fourth-order valence-electron chi connectivity index (χ4n) is 7.30. The lowest BCUT2D eigenvalue weighted by molar-refractivity contribution is 1.07. The summed E-state index contributed by atoms with van der Waals surface area (Å²) in [6.07, 6.45) is 0. The minimum absolute atomic E-state index is 0.125. The van der Waals surface area contributed by atoms with Gasteiger partial charge < -0.3 is 4.57 Å². The molecule has 3 heterocycles. The average Bonchev–Trinajstić information content (AvgIpc) is 3.92. The molecule has 11 rings (SSSR count). The van der Waals surface area contributed by atoms with Gasteiger partial charge in [0.25, 0.3) is 0 Å². The van der Waals surface area contributed by atoms with E-state index < -0.39 is 101 Å². The molecule has 4 nitrogen and oxygen atoms in total. The Bertz CT molecular complexity index is 3920. The van der Waals surface area contributed by atoms with Gasteiger partial charge in [-0.3, -0.25) is 0 Å². The first-order valence-corrected chi connectivity index (χ1v) is 18.5. The third-order valence-corrected chi connectivity index (χ3v) is 11.0. The van der Waals surface area contributed by atoms with E-state index in [9.17, 15) is 8.22 Å². The third kappa shape index (κ3) is 5.32. The van der Waals surface area contributed by atoms with Crippen LogP contribution in [-0.4, -0.2) is 19.5 Å². The van der Waals surface area contributed by atoms with Crippen LogP contribution in [0.2, 0.25) is 0 Å². The second-order valence-corrected chi connectivity index (χ2v) is 14.0. The Labute approximate surface area is 345 Å². The van der Waals surface area contributed by atoms with E-state index in [0.717, 1.165) is 42.0 Å². The molecular weight excluding hydrogens is 701 g/mol. The molecule has 0 N–H and O–H groups in total. The van der Waals surface area contributed by atoms with Crippen molar-refractivity contribution < 1.29 is 17.8 Å². The van der Waals surface area contributed by atoms with Crippen molar-refractivity contribution in [3.05, 3.63) is 194 Å². The van der Waals surface area contributed by atoms with Crippen LogP contribution in [0.1, 0.15) is 17.8 Å². The van der Waals surface area contributed by atoms with Crippen molar-refractivity contribution in [1.29, 1.82) is 0 Å². The predicted octanol–water partition coefficient (Wildman–Crippen LogP) is 13.7. The van der Waals surface area contributed by atoms with Crippen LogP contribution in [0.3, 0.4) is 0 Å². The van der Waals surface area contributed by atoms with Crippen LogP contribution in [0.15, 0.2) is 194 Å². The van der Waals surface area contributed by atoms with Gasteiger partial charge in [0, 0.05) is 47.6 Å². The van der Waals surface area contributed by atoms with Crippen LogP contribution in [0.4, 0.5) is 0 Å². The molecule has 0 unspecified atom stereocenters. The molecule has 5 heteroatoms. The molecule has 0 saturated heterocycles. The molecule has 0 aliphatic heterocycles. The summed E-state index contributed by atoms with van der Waals surface area (Å²) in [6.45, 7) is 0. The summed E-state index contributed by atoms with van der Waals surface area (Å²) >= 11 is 1.53. The summed E-state index contributed by atoms with van der Waals surface area (Å²) in [5.41, 5.74) is 1.20. The highest BCUT2D eigenvalue weighted by molar-refractivity contribution is 7.26. The Kier molecular flexibility index (Phi) is 5.12. The van der Waals surface area contributed by atoms with Crippen LogP contribution in [0, 0.1) is 0 Å². The van der Waals surface area contributed by atoms with Crippen molar-refractivity contribution in [2.75, 3.05) is 0 Å².